The maximum absolute atomic E-state index is 12.6. The molecule has 3 rings (SSSR count). The molecule has 0 spiro atoms. The molecule has 32 heavy (non-hydrogen) atoms. The summed E-state index contributed by atoms with van der Waals surface area (Å²) in [6.07, 6.45) is 2.20. The van der Waals surface area contributed by atoms with Crippen molar-refractivity contribution in [1.29, 1.82) is 0 Å². The molecule has 2 saturated heterocycles. The van der Waals surface area contributed by atoms with Crippen molar-refractivity contribution in [2.75, 3.05) is 44.6 Å². The Bertz CT molecular complexity index is 708. The SMILES string of the molecule is CCC(C)[C@H](Oc1ccc(NC(=O)N2CCN(C3CCNCC3)CC2)cc1)C(=O)O.Cl.Cl. The number of rotatable bonds is 7. The number of carbonyl (C=O) groups is 2. The van der Waals surface area contributed by atoms with Gasteiger partial charge in [0, 0.05) is 43.8 Å². The van der Waals surface area contributed by atoms with E-state index in [4.69, 9.17) is 4.74 Å². The van der Waals surface area contributed by atoms with Crippen LogP contribution in [-0.4, -0.2) is 78.3 Å². The summed E-state index contributed by atoms with van der Waals surface area (Å²) in [5.41, 5.74) is 0.670. The van der Waals surface area contributed by atoms with Crippen LogP contribution in [0.5, 0.6) is 5.75 Å². The smallest absolute Gasteiger partial charge is 0.345 e. The molecule has 0 radical (unpaired) electrons. The van der Waals surface area contributed by atoms with Gasteiger partial charge in [-0.1, -0.05) is 13.8 Å². The molecule has 2 aliphatic heterocycles. The Kier molecular flexibility index (Phi) is 12.1. The average molecular weight is 491 g/mol. The number of piperidine rings is 1. The lowest BCUT2D eigenvalue weighted by molar-refractivity contribution is -0.147. The molecule has 2 heterocycles. The van der Waals surface area contributed by atoms with Crippen molar-refractivity contribution < 1.29 is 19.4 Å². The van der Waals surface area contributed by atoms with Gasteiger partial charge in [-0.2, -0.15) is 0 Å². The highest BCUT2D eigenvalue weighted by Gasteiger charge is 2.27. The number of nitrogens with zero attached hydrogens (tertiary/aromatic N) is 2. The number of anilines is 1. The number of benzene rings is 1. The van der Waals surface area contributed by atoms with Gasteiger partial charge in [-0.3, -0.25) is 4.90 Å². The lowest BCUT2D eigenvalue weighted by Gasteiger charge is -2.40. The molecule has 182 valence electrons. The maximum atomic E-state index is 12.6. The molecular formula is C22H36Cl2N4O4. The lowest BCUT2D eigenvalue weighted by atomic mass is 10.0. The van der Waals surface area contributed by atoms with E-state index in [0.717, 1.165) is 45.7 Å². The van der Waals surface area contributed by atoms with Gasteiger partial charge in [0.15, 0.2) is 6.10 Å². The lowest BCUT2D eigenvalue weighted by Crippen LogP contribution is -2.54. The summed E-state index contributed by atoms with van der Waals surface area (Å²) in [7, 11) is 0. The number of aliphatic carboxylic acids is 1. The number of hydrogen-bond donors (Lipinski definition) is 3. The zero-order chi connectivity index (χ0) is 21.5. The summed E-state index contributed by atoms with van der Waals surface area (Å²) in [6, 6.07) is 7.42. The Hall–Kier alpha value is -1.74. The van der Waals surface area contributed by atoms with Gasteiger partial charge in [0.2, 0.25) is 0 Å². The number of hydrogen-bond acceptors (Lipinski definition) is 5. The normalized spacial score (nSPS) is 19.1. The van der Waals surface area contributed by atoms with Crippen LogP contribution in [0.2, 0.25) is 0 Å². The fraction of sp³-hybridized carbons (Fsp3) is 0.636. The third-order valence-corrected chi connectivity index (χ3v) is 6.20. The molecule has 3 N–H and O–H groups in total. The first-order valence-corrected chi connectivity index (χ1v) is 11.0. The Balaban J connectivity index is 0.00000256. The predicted octanol–water partition coefficient (Wildman–Crippen LogP) is 3.31. The fourth-order valence-corrected chi connectivity index (χ4v) is 4.05. The first-order valence-electron chi connectivity index (χ1n) is 11.0. The third kappa shape index (κ3) is 7.69. The van der Waals surface area contributed by atoms with E-state index in [2.05, 4.69) is 15.5 Å². The predicted molar refractivity (Wildman–Crippen MR) is 131 cm³/mol. The number of ether oxygens (including phenoxy) is 1. The minimum atomic E-state index is -0.967. The topological polar surface area (TPSA) is 94.1 Å². The van der Waals surface area contributed by atoms with Crippen LogP contribution in [0.25, 0.3) is 0 Å². The number of amides is 2. The first-order chi connectivity index (χ1) is 14.5. The van der Waals surface area contributed by atoms with Gasteiger partial charge in [-0.05, 0) is 56.6 Å². The second-order valence-electron chi connectivity index (χ2n) is 8.22. The third-order valence-electron chi connectivity index (χ3n) is 6.20. The number of carbonyl (C=O) groups excluding carboxylic acids is 1. The largest absolute Gasteiger partial charge is 0.478 e. The average Bonchev–Trinajstić information content (AvgIpc) is 2.78. The Morgan fingerprint density at radius 3 is 2.25 bits per heavy atom. The van der Waals surface area contributed by atoms with Crippen LogP contribution in [0, 0.1) is 5.92 Å². The Labute approximate surface area is 202 Å². The van der Waals surface area contributed by atoms with Gasteiger partial charge in [0.25, 0.3) is 0 Å². The van der Waals surface area contributed by atoms with E-state index in [1.165, 1.54) is 12.8 Å². The van der Waals surface area contributed by atoms with Crippen LogP contribution in [0.3, 0.4) is 0 Å². The molecule has 1 aromatic rings. The van der Waals surface area contributed by atoms with Gasteiger partial charge in [-0.25, -0.2) is 9.59 Å². The van der Waals surface area contributed by atoms with Crippen molar-refractivity contribution in [2.45, 2.75) is 45.3 Å². The molecule has 10 heteroatoms. The number of nitrogens with one attached hydrogen (secondary N) is 2. The van der Waals surface area contributed by atoms with Crippen molar-refractivity contribution in [2.24, 2.45) is 5.92 Å². The quantitative estimate of drug-likeness (QED) is 0.542. The standard InChI is InChI=1S/C22H34N4O4.2ClH/c1-3-16(2)20(21(27)28)30-19-6-4-17(5-7-19)24-22(29)26-14-12-25(13-15-26)18-8-10-23-11-9-18;;/h4-7,16,18,20,23H,3,8-15H2,1-2H3,(H,24,29)(H,27,28);2*1H/t16?,20-;;/m0../s1. The molecular weight excluding hydrogens is 455 g/mol. The highest BCUT2D eigenvalue weighted by atomic mass is 35.5. The van der Waals surface area contributed by atoms with E-state index in [1.807, 2.05) is 18.7 Å². The van der Waals surface area contributed by atoms with E-state index < -0.39 is 12.1 Å². The minimum Gasteiger partial charge on any atom is -0.478 e. The summed E-state index contributed by atoms with van der Waals surface area (Å²) in [6.45, 7) is 9.24. The molecule has 1 unspecified atom stereocenters. The van der Waals surface area contributed by atoms with Crippen LogP contribution >= 0.6 is 24.8 Å². The number of halogens is 2. The van der Waals surface area contributed by atoms with Crippen molar-refractivity contribution in [3.63, 3.8) is 0 Å². The minimum absolute atomic E-state index is 0. The molecule has 1 aromatic carbocycles. The first kappa shape index (κ1) is 28.3. The number of carboxylic acid groups (broad SMARTS) is 1. The summed E-state index contributed by atoms with van der Waals surface area (Å²) < 4.78 is 5.64. The second-order valence-corrected chi connectivity index (χ2v) is 8.22. The van der Waals surface area contributed by atoms with Crippen molar-refractivity contribution in [1.82, 2.24) is 15.1 Å². The number of carboxylic acids is 1. The molecule has 0 bridgehead atoms. The molecule has 0 saturated carbocycles. The molecule has 2 atom stereocenters. The Morgan fingerprint density at radius 2 is 1.72 bits per heavy atom. The van der Waals surface area contributed by atoms with Gasteiger partial charge >= 0.3 is 12.0 Å². The zero-order valence-corrected chi connectivity index (χ0v) is 20.4. The number of urea groups is 1. The van der Waals surface area contributed by atoms with Gasteiger partial charge in [0.05, 0.1) is 0 Å². The van der Waals surface area contributed by atoms with Crippen molar-refractivity contribution >= 4 is 42.5 Å². The van der Waals surface area contributed by atoms with Gasteiger partial charge < -0.3 is 25.4 Å². The summed E-state index contributed by atoms with van der Waals surface area (Å²) in [4.78, 5) is 28.4. The molecule has 2 aliphatic rings. The highest BCUT2D eigenvalue weighted by molar-refractivity contribution is 5.89. The van der Waals surface area contributed by atoms with Crippen molar-refractivity contribution in [3.8, 4) is 5.75 Å². The van der Waals surface area contributed by atoms with E-state index in [0.29, 0.717) is 17.5 Å². The molecule has 8 nitrogen and oxygen atoms in total. The fourth-order valence-electron chi connectivity index (χ4n) is 4.05. The van der Waals surface area contributed by atoms with Crippen LogP contribution < -0.4 is 15.4 Å². The summed E-state index contributed by atoms with van der Waals surface area (Å²) in [5.74, 6) is -0.577. The van der Waals surface area contributed by atoms with Crippen LogP contribution in [-0.2, 0) is 4.79 Å². The Morgan fingerprint density at radius 1 is 1.12 bits per heavy atom. The summed E-state index contributed by atoms with van der Waals surface area (Å²) in [5, 5.41) is 15.7. The second kappa shape index (κ2) is 13.7. The van der Waals surface area contributed by atoms with Crippen LogP contribution in [0.1, 0.15) is 33.1 Å². The van der Waals surface area contributed by atoms with E-state index in [9.17, 15) is 14.7 Å². The number of piperazine rings is 1. The molecule has 2 amide bonds. The molecule has 2 fully saturated rings. The highest BCUT2D eigenvalue weighted by Crippen LogP contribution is 2.21. The summed E-state index contributed by atoms with van der Waals surface area (Å²) >= 11 is 0. The van der Waals surface area contributed by atoms with Crippen LogP contribution in [0.4, 0.5) is 10.5 Å². The van der Waals surface area contributed by atoms with Gasteiger partial charge in [0.1, 0.15) is 5.75 Å². The molecule has 0 aromatic heterocycles. The zero-order valence-electron chi connectivity index (χ0n) is 18.8. The van der Waals surface area contributed by atoms with Gasteiger partial charge in [-0.15, -0.1) is 24.8 Å². The van der Waals surface area contributed by atoms with Crippen LogP contribution in [0.15, 0.2) is 24.3 Å². The monoisotopic (exact) mass is 490 g/mol. The van der Waals surface area contributed by atoms with E-state index in [-0.39, 0.29) is 36.8 Å². The molecule has 0 aliphatic carbocycles. The van der Waals surface area contributed by atoms with E-state index >= 15 is 0 Å². The van der Waals surface area contributed by atoms with E-state index in [1.54, 1.807) is 24.3 Å². The maximum Gasteiger partial charge on any atom is 0.345 e. The van der Waals surface area contributed by atoms with Crippen molar-refractivity contribution in [3.05, 3.63) is 24.3 Å².